The molecule has 4 heterocycles. The molecule has 0 aromatic carbocycles. The van der Waals surface area contributed by atoms with Crippen LogP contribution in [0.5, 0.6) is 0 Å². The molecule has 1 saturated heterocycles. The minimum absolute atomic E-state index is 0.0196. The van der Waals surface area contributed by atoms with Gasteiger partial charge in [0.1, 0.15) is 5.69 Å². The van der Waals surface area contributed by atoms with Crippen molar-refractivity contribution in [2.75, 3.05) is 31.2 Å². The number of aromatic nitrogens is 3. The molecule has 180 valence electrons. The summed E-state index contributed by atoms with van der Waals surface area (Å²) in [4.78, 5) is 28.1. The number of amides is 2. The second-order valence-corrected chi connectivity index (χ2v) is 10.6. The number of rotatable bonds is 7. The van der Waals surface area contributed by atoms with Crippen molar-refractivity contribution in [1.29, 1.82) is 0 Å². The summed E-state index contributed by atoms with van der Waals surface area (Å²) in [6, 6.07) is 5.04. The van der Waals surface area contributed by atoms with Crippen molar-refractivity contribution in [1.82, 2.24) is 24.2 Å². The highest BCUT2D eigenvalue weighted by Crippen LogP contribution is 2.31. The van der Waals surface area contributed by atoms with Gasteiger partial charge in [0.15, 0.2) is 0 Å². The van der Waals surface area contributed by atoms with E-state index in [2.05, 4.69) is 20.7 Å². The number of hydrogen-bond donors (Lipinski definition) is 3. The number of pyridine rings is 1. The molecule has 3 aromatic heterocycles. The Hall–Kier alpha value is -3.51. The number of nitrogens with one attached hydrogen (secondary N) is 2. The highest BCUT2D eigenvalue weighted by Gasteiger charge is 2.36. The predicted octanol–water partition coefficient (Wildman–Crippen LogP) is 0.937. The largest absolute Gasteiger partial charge is 0.378 e. The Morgan fingerprint density at radius 3 is 2.59 bits per heavy atom. The molecule has 0 bridgehead atoms. The molecule has 1 aliphatic heterocycles. The highest BCUT2D eigenvalue weighted by atomic mass is 32.2. The van der Waals surface area contributed by atoms with Gasteiger partial charge in [0, 0.05) is 49.7 Å². The monoisotopic (exact) mass is 485 g/mol. The molecule has 4 N–H and O–H groups in total. The van der Waals surface area contributed by atoms with Crippen LogP contribution in [0.4, 0.5) is 5.69 Å². The van der Waals surface area contributed by atoms with Gasteiger partial charge in [-0.1, -0.05) is 13.0 Å². The van der Waals surface area contributed by atoms with E-state index in [4.69, 9.17) is 5.73 Å². The van der Waals surface area contributed by atoms with Gasteiger partial charge >= 0.3 is 0 Å². The number of nitrogens with zero attached hydrogens (tertiary/aromatic N) is 4. The number of nitrogens with two attached hydrogens (primary N) is 1. The fraction of sp³-hybridized carbons (Fsp3) is 0.364. The van der Waals surface area contributed by atoms with E-state index >= 15 is 0 Å². The van der Waals surface area contributed by atoms with Crippen molar-refractivity contribution in [3.63, 3.8) is 0 Å². The lowest BCUT2D eigenvalue weighted by molar-refractivity contribution is 0.0956. The Balaban J connectivity index is 1.71. The van der Waals surface area contributed by atoms with E-state index in [-0.39, 0.29) is 29.2 Å². The number of anilines is 1. The number of sulfonamides is 1. The normalized spacial score (nSPS) is 18.8. The minimum Gasteiger partial charge on any atom is -0.378 e. The maximum absolute atomic E-state index is 12.4. The molecular weight excluding hydrogens is 458 g/mol. The van der Waals surface area contributed by atoms with Crippen LogP contribution in [0.1, 0.15) is 34.7 Å². The Labute approximate surface area is 197 Å². The molecule has 0 aliphatic carbocycles. The van der Waals surface area contributed by atoms with E-state index in [9.17, 15) is 18.0 Å². The van der Waals surface area contributed by atoms with Crippen LogP contribution in [0.15, 0.2) is 36.8 Å². The van der Waals surface area contributed by atoms with Gasteiger partial charge in [0.05, 0.1) is 28.7 Å². The SMILES string of the molecule is CCS(=O)(=O)N1C[C@@H](C)[C@H](Nc2c(C(N)=O)cnn3cc(-c4ccc(C(=O)NC)nc4)cc23)C1. The summed E-state index contributed by atoms with van der Waals surface area (Å²) in [5.41, 5.74) is 8.80. The van der Waals surface area contributed by atoms with Gasteiger partial charge in [-0.3, -0.25) is 14.6 Å². The van der Waals surface area contributed by atoms with Gasteiger partial charge in [-0.15, -0.1) is 0 Å². The minimum atomic E-state index is -3.32. The second-order valence-electron chi connectivity index (χ2n) is 8.31. The first-order valence-electron chi connectivity index (χ1n) is 10.9. The fourth-order valence-corrected chi connectivity index (χ4v) is 5.30. The van der Waals surface area contributed by atoms with Crippen LogP contribution in [0, 0.1) is 5.92 Å². The number of carbonyl (C=O) groups excluding carboxylic acids is 2. The van der Waals surface area contributed by atoms with Crippen molar-refractivity contribution >= 4 is 33.0 Å². The van der Waals surface area contributed by atoms with E-state index in [1.807, 2.05) is 13.0 Å². The highest BCUT2D eigenvalue weighted by molar-refractivity contribution is 7.89. The van der Waals surface area contributed by atoms with Gasteiger partial charge in [-0.05, 0) is 25.0 Å². The van der Waals surface area contributed by atoms with Crippen molar-refractivity contribution in [3.05, 3.63) is 48.0 Å². The average Bonchev–Trinajstić information content (AvgIpc) is 3.43. The summed E-state index contributed by atoms with van der Waals surface area (Å²) in [5, 5.41) is 10.2. The quantitative estimate of drug-likeness (QED) is 0.450. The van der Waals surface area contributed by atoms with Crippen LogP contribution in [0.2, 0.25) is 0 Å². The summed E-state index contributed by atoms with van der Waals surface area (Å²) in [5.74, 6) is -0.864. The summed E-state index contributed by atoms with van der Waals surface area (Å²) in [6.07, 6.45) is 4.77. The predicted molar refractivity (Wildman–Crippen MR) is 128 cm³/mol. The lowest BCUT2D eigenvalue weighted by Gasteiger charge is -2.20. The van der Waals surface area contributed by atoms with Gasteiger partial charge in [0.2, 0.25) is 10.0 Å². The third-order valence-corrected chi connectivity index (χ3v) is 7.94. The molecule has 12 heteroatoms. The topological polar surface area (TPSA) is 152 Å². The zero-order chi connectivity index (χ0) is 24.6. The van der Waals surface area contributed by atoms with E-state index < -0.39 is 15.9 Å². The number of primary amides is 1. The second kappa shape index (κ2) is 9.03. The Morgan fingerprint density at radius 1 is 1.21 bits per heavy atom. The summed E-state index contributed by atoms with van der Waals surface area (Å²) in [6.45, 7) is 4.28. The molecular formula is C22H27N7O4S. The number of carbonyl (C=O) groups is 2. The Kier molecular flexibility index (Phi) is 6.28. The van der Waals surface area contributed by atoms with Crippen LogP contribution in [0.3, 0.4) is 0 Å². The van der Waals surface area contributed by atoms with Crippen LogP contribution in [0.25, 0.3) is 16.6 Å². The van der Waals surface area contributed by atoms with Crippen LogP contribution in [-0.2, 0) is 10.0 Å². The first-order chi connectivity index (χ1) is 16.1. The van der Waals surface area contributed by atoms with Gasteiger partial charge in [-0.2, -0.15) is 9.40 Å². The molecule has 0 saturated carbocycles. The Morgan fingerprint density at radius 2 is 1.97 bits per heavy atom. The third kappa shape index (κ3) is 4.33. The number of hydrogen-bond acceptors (Lipinski definition) is 7. The van der Waals surface area contributed by atoms with E-state index in [0.717, 1.165) is 11.1 Å². The maximum atomic E-state index is 12.4. The molecule has 2 atom stereocenters. The third-order valence-electron chi connectivity index (χ3n) is 6.13. The van der Waals surface area contributed by atoms with E-state index in [1.54, 1.807) is 36.0 Å². The molecule has 34 heavy (non-hydrogen) atoms. The lowest BCUT2D eigenvalue weighted by Crippen LogP contribution is -2.33. The van der Waals surface area contributed by atoms with Crippen molar-refractivity contribution in [3.8, 4) is 11.1 Å². The average molecular weight is 486 g/mol. The molecule has 1 aliphatic rings. The fourth-order valence-electron chi connectivity index (χ4n) is 4.09. The van der Waals surface area contributed by atoms with Crippen LogP contribution >= 0.6 is 0 Å². The first-order valence-corrected chi connectivity index (χ1v) is 12.5. The summed E-state index contributed by atoms with van der Waals surface area (Å²) < 4.78 is 27.8. The van der Waals surface area contributed by atoms with Gasteiger partial charge in [0.25, 0.3) is 11.8 Å². The molecule has 4 rings (SSSR count). The van der Waals surface area contributed by atoms with Crippen LogP contribution in [-0.4, -0.2) is 71.1 Å². The molecule has 0 unspecified atom stereocenters. The van der Waals surface area contributed by atoms with Crippen molar-refractivity contribution in [2.45, 2.75) is 19.9 Å². The summed E-state index contributed by atoms with van der Waals surface area (Å²) in [7, 11) is -1.78. The molecule has 3 aromatic rings. The smallest absolute Gasteiger partial charge is 0.269 e. The molecule has 11 nitrogen and oxygen atoms in total. The van der Waals surface area contributed by atoms with Crippen molar-refractivity contribution in [2.24, 2.45) is 11.7 Å². The first kappa shape index (κ1) is 23.6. The molecule has 0 radical (unpaired) electrons. The Bertz CT molecular complexity index is 1350. The zero-order valence-electron chi connectivity index (χ0n) is 19.1. The van der Waals surface area contributed by atoms with Gasteiger partial charge in [-0.25, -0.2) is 12.9 Å². The number of fused-ring (bicyclic) bond motifs is 1. The molecule has 2 amide bonds. The summed E-state index contributed by atoms with van der Waals surface area (Å²) >= 11 is 0. The molecule has 0 spiro atoms. The standard InChI is InChI=1S/C22H27N7O4S/c1-4-34(32,33)28-10-13(2)18(12-28)27-20-16(21(23)30)9-26-29-11-15(7-19(20)29)14-5-6-17(25-8-14)22(31)24-3/h5-9,11,13,18,27H,4,10,12H2,1-3H3,(H2,23,30)(H,24,31)/t13-,18-/m1/s1. The molecule has 1 fully saturated rings. The zero-order valence-corrected chi connectivity index (χ0v) is 20.0. The van der Waals surface area contributed by atoms with E-state index in [0.29, 0.717) is 30.0 Å². The van der Waals surface area contributed by atoms with E-state index in [1.165, 1.54) is 17.5 Å². The van der Waals surface area contributed by atoms with Crippen LogP contribution < -0.4 is 16.4 Å². The maximum Gasteiger partial charge on any atom is 0.269 e. The van der Waals surface area contributed by atoms with Crippen molar-refractivity contribution < 1.29 is 18.0 Å². The van der Waals surface area contributed by atoms with Gasteiger partial charge < -0.3 is 16.4 Å². The lowest BCUT2D eigenvalue weighted by atomic mass is 10.1.